The standard InChI is InChI=1S/C9H11N3O/c10-3-5-11-8-1-4-12-9-7(8)2-6-13-9/h1-2,4,6H,3,5,10H2,(H,11,12). The summed E-state index contributed by atoms with van der Waals surface area (Å²) in [6.07, 6.45) is 3.34. The first-order chi connectivity index (χ1) is 6.42. The molecule has 0 spiro atoms. The lowest BCUT2D eigenvalue weighted by Gasteiger charge is -2.03. The maximum atomic E-state index is 5.39. The number of nitrogens with one attached hydrogen (secondary N) is 1. The number of pyridine rings is 1. The van der Waals surface area contributed by atoms with Crippen molar-refractivity contribution >= 4 is 16.8 Å². The molecule has 0 aliphatic carbocycles. The van der Waals surface area contributed by atoms with E-state index in [1.165, 1.54) is 0 Å². The fourth-order valence-corrected chi connectivity index (χ4v) is 1.24. The van der Waals surface area contributed by atoms with E-state index in [0.29, 0.717) is 12.3 Å². The molecule has 0 saturated heterocycles. The van der Waals surface area contributed by atoms with Crippen LogP contribution in [0.15, 0.2) is 29.0 Å². The maximum Gasteiger partial charge on any atom is 0.227 e. The van der Waals surface area contributed by atoms with E-state index in [9.17, 15) is 0 Å². The summed E-state index contributed by atoms with van der Waals surface area (Å²) in [6.45, 7) is 1.37. The van der Waals surface area contributed by atoms with Crippen LogP contribution in [0.1, 0.15) is 0 Å². The van der Waals surface area contributed by atoms with Gasteiger partial charge in [0.25, 0.3) is 0 Å². The van der Waals surface area contributed by atoms with Crippen LogP contribution in [0.4, 0.5) is 5.69 Å². The minimum atomic E-state index is 0.613. The second-order valence-corrected chi connectivity index (χ2v) is 2.71. The van der Waals surface area contributed by atoms with E-state index < -0.39 is 0 Å². The van der Waals surface area contributed by atoms with Crippen molar-refractivity contribution < 1.29 is 4.42 Å². The number of furan rings is 1. The maximum absolute atomic E-state index is 5.39. The first kappa shape index (κ1) is 8.07. The molecule has 0 amide bonds. The number of hydrogen-bond donors (Lipinski definition) is 2. The molecule has 0 atom stereocenters. The molecule has 0 aliphatic rings. The van der Waals surface area contributed by atoms with Gasteiger partial charge in [-0.2, -0.15) is 0 Å². The predicted molar refractivity (Wildman–Crippen MR) is 51.6 cm³/mol. The topological polar surface area (TPSA) is 64.1 Å². The molecule has 0 radical (unpaired) electrons. The van der Waals surface area contributed by atoms with E-state index in [1.54, 1.807) is 12.5 Å². The first-order valence-corrected chi connectivity index (χ1v) is 4.18. The Bertz CT molecular complexity index is 396. The van der Waals surface area contributed by atoms with Gasteiger partial charge in [0.15, 0.2) is 0 Å². The van der Waals surface area contributed by atoms with E-state index >= 15 is 0 Å². The largest absolute Gasteiger partial charge is 0.446 e. The monoisotopic (exact) mass is 177 g/mol. The molecular weight excluding hydrogens is 166 g/mol. The fourth-order valence-electron chi connectivity index (χ4n) is 1.24. The second kappa shape index (κ2) is 3.45. The molecule has 2 rings (SSSR count). The van der Waals surface area contributed by atoms with E-state index in [4.69, 9.17) is 10.2 Å². The smallest absolute Gasteiger partial charge is 0.227 e. The van der Waals surface area contributed by atoms with Crippen molar-refractivity contribution in [3.8, 4) is 0 Å². The van der Waals surface area contributed by atoms with Gasteiger partial charge in [-0.3, -0.25) is 0 Å². The third-order valence-electron chi connectivity index (χ3n) is 1.83. The number of aromatic nitrogens is 1. The molecule has 0 unspecified atom stereocenters. The van der Waals surface area contributed by atoms with Crippen LogP contribution in [-0.2, 0) is 0 Å². The molecule has 0 aliphatic heterocycles. The zero-order valence-corrected chi connectivity index (χ0v) is 7.16. The summed E-state index contributed by atoms with van der Waals surface area (Å²) < 4.78 is 5.16. The molecule has 3 N–H and O–H groups in total. The van der Waals surface area contributed by atoms with Crippen LogP contribution >= 0.6 is 0 Å². The van der Waals surface area contributed by atoms with Gasteiger partial charge in [0, 0.05) is 25.0 Å². The Morgan fingerprint density at radius 2 is 2.38 bits per heavy atom. The Labute approximate surface area is 75.7 Å². The number of hydrogen-bond acceptors (Lipinski definition) is 4. The minimum Gasteiger partial charge on any atom is -0.446 e. The molecule has 0 fully saturated rings. The van der Waals surface area contributed by atoms with Crippen molar-refractivity contribution in [2.24, 2.45) is 5.73 Å². The lowest BCUT2D eigenvalue weighted by molar-refractivity contribution is 0.603. The summed E-state index contributed by atoms with van der Waals surface area (Å²) in [6, 6.07) is 3.80. The Balaban J connectivity index is 2.37. The van der Waals surface area contributed by atoms with Crippen LogP contribution in [0.5, 0.6) is 0 Å². The highest BCUT2D eigenvalue weighted by Crippen LogP contribution is 2.21. The van der Waals surface area contributed by atoms with Crippen molar-refractivity contribution in [2.75, 3.05) is 18.4 Å². The van der Waals surface area contributed by atoms with Crippen molar-refractivity contribution in [3.05, 3.63) is 24.6 Å². The van der Waals surface area contributed by atoms with Crippen molar-refractivity contribution in [1.82, 2.24) is 4.98 Å². The van der Waals surface area contributed by atoms with Gasteiger partial charge in [-0.15, -0.1) is 0 Å². The first-order valence-electron chi connectivity index (χ1n) is 4.18. The molecule has 4 heteroatoms. The summed E-state index contributed by atoms with van der Waals surface area (Å²) in [7, 11) is 0. The summed E-state index contributed by atoms with van der Waals surface area (Å²) in [5.74, 6) is 0. The van der Waals surface area contributed by atoms with Crippen LogP contribution in [0, 0.1) is 0 Å². The van der Waals surface area contributed by atoms with E-state index in [-0.39, 0.29) is 0 Å². The molecule has 13 heavy (non-hydrogen) atoms. The van der Waals surface area contributed by atoms with Crippen LogP contribution < -0.4 is 11.1 Å². The lowest BCUT2D eigenvalue weighted by atomic mass is 10.3. The van der Waals surface area contributed by atoms with Gasteiger partial charge in [-0.05, 0) is 12.1 Å². The Hall–Kier alpha value is -1.55. The minimum absolute atomic E-state index is 0.613. The van der Waals surface area contributed by atoms with Gasteiger partial charge in [-0.1, -0.05) is 0 Å². The molecule has 2 aromatic rings. The van der Waals surface area contributed by atoms with Crippen LogP contribution in [0.25, 0.3) is 11.1 Å². The Kier molecular flexibility index (Phi) is 2.14. The van der Waals surface area contributed by atoms with Crippen molar-refractivity contribution in [1.29, 1.82) is 0 Å². The van der Waals surface area contributed by atoms with E-state index in [1.807, 2.05) is 12.1 Å². The molecule has 4 nitrogen and oxygen atoms in total. The summed E-state index contributed by atoms with van der Waals surface area (Å²) in [4.78, 5) is 4.07. The third kappa shape index (κ3) is 1.48. The molecule has 0 bridgehead atoms. The molecule has 2 heterocycles. The van der Waals surface area contributed by atoms with Gasteiger partial charge in [0.2, 0.25) is 5.71 Å². The average molecular weight is 177 g/mol. The third-order valence-corrected chi connectivity index (χ3v) is 1.83. The molecular formula is C9H11N3O. The highest BCUT2D eigenvalue weighted by molar-refractivity contribution is 5.87. The normalized spacial score (nSPS) is 10.5. The van der Waals surface area contributed by atoms with Gasteiger partial charge in [0.1, 0.15) is 0 Å². The molecule has 0 saturated carbocycles. The lowest BCUT2D eigenvalue weighted by Crippen LogP contribution is -2.13. The van der Waals surface area contributed by atoms with Crippen LogP contribution in [0.3, 0.4) is 0 Å². The molecule has 2 aromatic heterocycles. The summed E-state index contributed by atoms with van der Waals surface area (Å²) in [5, 5.41) is 4.19. The van der Waals surface area contributed by atoms with E-state index in [2.05, 4.69) is 10.3 Å². The van der Waals surface area contributed by atoms with Crippen LogP contribution in [0.2, 0.25) is 0 Å². The van der Waals surface area contributed by atoms with Gasteiger partial charge in [0.05, 0.1) is 11.6 Å². The number of nitrogens with two attached hydrogens (primary N) is 1. The number of fused-ring (bicyclic) bond motifs is 1. The zero-order valence-electron chi connectivity index (χ0n) is 7.16. The average Bonchev–Trinajstić information content (AvgIpc) is 2.62. The second-order valence-electron chi connectivity index (χ2n) is 2.71. The predicted octanol–water partition coefficient (Wildman–Crippen LogP) is 1.20. The number of nitrogens with zero attached hydrogens (tertiary/aromatic N) is 1. The number of rotatable bonds is 3. The van der Waals surface area contributed by atoms with Gasteiger partial charge in [-0.25, -0.2) is 4.98 Å². The fraction of sp³-hybridized carbons (Fsp3) is 0.222. The zero-order chi connectivity index (χ0) is 9.10. The van der Waals surface area contributed by atoms with Gasteiger partial charge < -0.3 is 15.5 Å². The Morgan fingerprint density at radius 3 is 3.23 bits per heavy atom. The molecule has 0 aromatic carbocycles. The highest BCUT2D eigenvalue weighted by Gasteiger charge is 2.02. The highest BCUT2D eigenvalue weighted by atomic mass is 16.3. The van der Waals surface area contributed by atoms with E-state index in [0.717, 1.165) is 17.6 Å². The summed E-state index contributed by atoms with van der Waals surface area (Å²) in [5.41, 5.74) is 7.07. The Morgan fingerprint density at radius 1 is 1.46 bits per heavy atom. The number of anilines is 1. The summed E-state index contributed by atoms with van der Waals surface area (Å²) >= 11 is 0. The van der Waals surface area contributed by atoms with Crippen molar-refractivity contribution in [3.63, 3.8) is 0 Å². The van der Waals surface area contributed by atoms with Gasteiger partial charge >= 0.3 is 0 Å². The SMILES string of the molecule is NCCNc1ccnc2occc12. The molecule has 68 valence electrons. The quantitative estimate of drug-likeness (QED) is 0.739. The van der Waals surface area contributed by atoms with Crippen molar-refractivity contribution in [2.45, 2.75) is 0 Å². The van der Waals surface area contributed by atoms with Crippen LogP contribution in [-0.4, -0.2) is 18.1 Å².